The highest BCUT2D eigenvalue weighted by Gasteiger charge is 2.45. The summed E-state index contributed by atoms with van der Waals surface area (Å²) in [6.07, 6.45) is 1.02. The highest BCUT2D eigenvalue weighted by atomic mass is 16.6. The zero-order valence-electron chi connectivity index (χ0n) is 12.2. The Hall–Kier alpha value is -1.50. The van der Waals surface area contributed by atoms with Gasteiger partial charge in [-0.1, -0.05) is 12.1 Å². The zero-order chi connectivity index (χ0) is 14.9. The van der Waals surface area contributed by atoms with E-state index >= 15 is 0 Å². The number of nitro benzene ring substituents is 1. The molecule has 0 bridgehead atoms. The lowest BCUT2D eigenvalue weighted by Gasteiger charge is -2.42. The minimum Gasteiger partial charge on any atom is -0.375 e. The van der Waals surface area contributed by atoms with Crippen LogP contribution in [-0.2, 0) is 16.0 Å². The molecule has 2 saturated heterocycles. The van der Waals surface area contributed by atoms with Crippen molar-refractivity contribution >= 4 is 5.69 Å². The number of nitrogens with zero attached hydrogens (tertiary/aromatic N) is 2. The van der Waals surface area contributed by atoms with Gasteiger partial charge in [-0.25, -0.2) is 0 Å². The van der Waals surface area contributed by atoms with E-state index in [4.69, 9.17) is 9.47 Å². The van der Waals surface area contributed by atoms with E-state index in [2.05, 4.69) is 11.8 Å². The van der Waals surface area contributed by atoms with Crippen molar-refractivity contribution in [2.45, 2.75) is 31.6 Å². The second-order valence-corrected chi connectivity index (χ2v) is 5.81. The van der Waals surface area contributed by atoms with Gasteiger partial charge in [0.25, 0.3) is 5.69 Å². The molecule has 1 aromatic carbocycles. The first-order valence-electron chi connectivity index (χ1n) is 7.30. The van der Waals surface area contributed by atoms with Crippen LogP contribution in [0, 0.1) is 10.1 Å². The van der Waals surface area contributed by atoms with Crippen molar-refractivity contribution in [2.75, 3.05) is 26.3 Å². The molecule has 2 atom stereocenters. The van der Waals surface area contributed by atoms with Gasteiger partial charge in [0.15, 0.2) is 0 Å². The van der Waals surface area contributed by atoms with Crippen molar-refractivity contribution in [1.29, 1.82) is 0 Å². The molecule has 21 heavy (non-hydrogen) atoms. The van der Waals surface area contributed by atoms with Gasteiger partial charge in [0.2, 0.25) is 0 Å². The Bertz CT molecular complexity index is 536. The van der Waals surface area contributed by atoms with E-state index in [1.54, 1.807) is 12.1 Å². The summed E-state index contributed by atoms with van der Waals surface area (Å²) in [5.74, 6) is 0. The lowest BCUT2D eigenvalue weighted by molar-refractivity contribution is -0.384. The first kappa shape index (κ1) is 14.4. The Morgan fingerprint density at radius 1 is 1.48 bits per heavy atom. The average Bonchev–Trinajstić information content (AvgIpc) is 2.80. The molecule has 2 aliphatic heterocycles. The van der Waals surface area contributed by atoms with Crippen LogP contribution >= 0.6 is 0 Å². The molecule has 0 aromatic heterocycles. The normalized spacial score (nSPS) is 29.9. The fraction of sp³-hybridized carbons (Fsp3) is 0.600. The summed E-state index contributed by atoms with van der Waals surface area (Å²) in [5, 5.41) is 10.8. The number of nitro groups is 1. The van der Waals surface area contributed by atoms with Crippen LogP contribution in [0.25, 0.3) is 0 Å². The molecule has 0 aliphatic carbocycles. The molecule has 6 nitrogen and oxygen atoms in total. The molecule has 6 heteroatoms. The zero-order valence-corrected chi connectivity index (χ0v) is 12.2. The predicted molar refractivity (Wildman–Crippen MR) is 77.1 cm³/mol. The van der Waals surface area contributed by atoms with Crippen molar-refractivity contribution in [2.24, 2.45) is 0 Å². The highest BCUT2D eigenvalue weighted by molar-refractivity contribution is 5.34. The van der Waals surface area contributed by atoms with Gasteiger partial charge in [0.1, 0.15) is 5.60 Å². The third-order valence-electron chi connectivity index (χ3n) is 4.45. The second kappa shape index (κ2) is 5.71. The summed E-state index contributed by atoms with van der Waals surface area (Å²) in [4.78, 5) is 12.8. The van der Waals surface area contributed by atoms with Crippen LogP contribution in [0.4, 0.5) is 5.69 Å². The Morgan fingerprint density at radius 2 is 2.33 bits per heavy atom. The quantitative estimate of drug-likeness (QED) is 0.629. The van der Waals surface area contributed by atoms with Gasteiger partial charge in [-0.05, 0) is 12.5 Å². The maximum Gasteiger partial charge on any atom is 0.269 e. The molecule has 0 radical (unpaired) electrons. The van der Waals surface area contributed by atoms with E-state index in [9.17, 15) is 10.1 Å². The van der Waals surface area contributed by atoms with Crippen LogP contribution in [0.15, 0.2) is 24.3 Å². The van der Waals surface area contributed by atoms with E-state index in [1.165, 1.54) is 6.07 Å². The standard InChI is InChI=1S/C15H20N2O4/c1-12-15(5-7-20-12)11-16(6-8-21-15)10-13-3-2-4-14(9-13)17(18)19/h2-4,9,12H,5-8,10-11H2,1H3/t12-,15-/m1/s1. The number of ether oxygens (including phenoxy) is 2. The fourth-order valence-electron chi connectivity index (χ4n) is 3.20. The minimum absolute atomic E-state index is 0.102. The first-order valence-corrected chi connectivity index (χ1v) is 7.30. The third-order valence-corrected chi connectivity index (χ3v) is 4.45. The van der Waals surface area contributed by atoms with Crippen LogP contribution in [0.1, 0.15) is 18.9 Å². The van der Waals surface area contributed by atoms with Gasteiger partial charge in [-0.15, -0.1) is 0 Å². The molecule has 1 aromatic rings. The van der Waals surface area contributed by atoms with E-state index in [1.807, 2.05) is 6.07 Å². The number of rotatable bonds is 3. The molecule has 2 fully saturated rings. The Balaban J connectivity index is 1.70. The summed E-state index contributed by atoms with van der Waals surface area (Å²) in [7, 11) is 0. The summed E-state index contributed by atoms with van der Waals surface area (Å²) in [6, 6.07) is 6.85. The predicted octanol–water partition coefficient (Wildman–Crippen LogP) is 1.97. The monoisotopic (exact) mass is 292 g/mol. The van der Waals surface area contributed by atoms with Crippen LogP contribution in [0.5, 0.6) is 0 Å². The molecule has 1 spiro atoms. The van der Waals surface area contributed by atoms with Gasteiger partial charge >= 0.3 is 0 Å². The summed E-state index contributed by atoms with van der Waals surface area (Å²) in [6.45, 7) is 5.85. The molecule has 0 amide bonds. The SMILES string of the molecule is C[C@H]1OCC[C@@]12CN(Cc1cccc([N+](=O)[O-])c1)CCO2. The largest absolute Gasteiger partial charge is 0.375 e. The van der Waals surface area contributed by atoms with E-state index in [0.717, 1.165) is 31.7 Å². The van der Waals surface area contributed by atoms with Crippen LogP contribution in [-0.4, -0.2) is 47.8 Å². The van der Waals surface area contributed by atoms with Gasteiger partial charge in [-0.3, -0.25) is 15.0 Å². The highest BCUT2D eigenvalue weighted by Crippen LogP contribution is 2.33. The Kier molecular flexibility index (Phi) is 3.93. The molecule has 3 rings (SSSR count). The Labute approximate surface area is 123 Å². The van der Waals surface area contributed by atoms with Crippen LogP contribution < -0.4 is 0 Å². The van der Waals surface area contributed by atoms with Gasteiger partial charge in [0, 0.05) is 44.8 Å². The maximum absolute atomic E-state index is 10.8. The Morgan fingerprint density at radius 3 is 3.05 bits per heavy atom. The van der Waals surface area contributed by atoms with Crippen molar-refractivity contribution in [3.8, 4) is 0 Å². The molecule has 0 saturated carbocycles. The average molecular weight is 292 g/mol. The fourth-order valence-corrected chi connectivity index (χ4v) is 3.20. The smallest absolute Gasteiger partial charge is 0.269 e. The van der Waals surface area contributed by atoms with Crippen LogP contribution in [0.2, 0.25) is 0 Å². The lowest BCUT2D eigenvalue weighted by Crippen LogP contribution is -2.55. The summed E-state index contributed by atoms with van der Waals surface area (Å²) >= 11 is 0. The van der Waals surface area contributed by atoms with E-state index < -0.39 is 0 Å². The van der Waals surface area contributed by atoms with Crippen molar-refractivity contribution in [1.82, 2.24) is 4.90 Å². The molecule has 114 valence electrons. The van der Waals surface area contributed by atoms with Crippen LogP contribution in [0.3, 0.4) is 0 Å². The van der Waals surface area contributed by atoms with Crippen molar-refractivity contribution < 1.29 is 14.4 Å². The van der Waals surface area contributed by atoms with Gasteiger partial charge in [0.05, 0.1) is 17.6 Å². The molecular formula is C15H20N2O4. The summed E-state index contributed by atoms with van der Waals surface area (Å²) in [5.41, 5.74) is 0.903. The van der Waals surface area contributed by atoms with Crippen molar-refractivity contribution in [3.63, 3.8) is 0 Å². The second-order valence-electron chi connectivity index (χ2n) is 5.81. The molecule has 0 unspecified atom stereocenters. The van der Waals surface area contributed by atoms with Gasteiger partial charge < -0.3 is 9.47 Å². The first-order chi connectivity index (χ1) is 10.1. The van der Waals surface area contributed by atoms with E-state index in [0.29, 0.717) is 13.2 Å². The maximum atomic E-state index is 10.8. The minimum atomic E-state index is -0.350. The molecule has 2 heterocycles. The molecule has 0 N–H and O–H groups in total. The number of hydrogen-bond donors (Lipinski definition) is 0. The number of non-ortho nitro benzene ring substituents is 1. The molecule has 2 aliphatic rings. The lowest BCUT2D eigenvalue weighted by atomic mass is 9.94. The van der Waals surface area contributed by atoms with Crippen molar-refractivity contribution in [3.05, 3.63) is 39.9 Å². The third kappa shape index (κ3) is 2.92. The topological polar surface area (TPSA) is 64.8 Å². The molecular weight excluding hydrogens is 272 g/mol. The summed E-state index contributed by atoms with van der Waals surface area (Å²) < 4.78 is 11.6. The number of benzene rings is 1. The van der Waals surface area contributed by atoms with E-state index in [-0.39, 0.29) is 22.3 Å². The number of morpholine rings is 1. The van der Waals surface area contributed by atoms with Gasteiger partial charge in [-0.2, -0.15) is 0 Å². The number of hydrogen-bond acceptors (Lipinski definition) is 5.